The van der Waals surface area contributed by atoms with Crippen LogP contribution >= 0.6 is 15.9 Å². The second kappa shape index (κ2) is 5.58. The van der Waals surface area contributed by atoms with Crippen molar-refractivity contribution in [3.8, 4) is 11.8 Å². The van der Waals surface area contributed by atoms with Gasteiger partial charge >= 0.3 is 0 Å². The van der Waals surface area contributed by atoms with E-state index >= 15 is 0 Å². The number of carbonyl (C=O) groups excluding carboxylic acids is 1. The molecule has 0 radical (unpaired) electrons. The maximum atomic E-state index is 10.0. The number of rotatable bonds is 2. The first-order valence-corrected chi connectivity index (χ1v) is 4.89. The predicted octanol–water partition coefficient (Wildman–Crippen LogP) is 1.88. The highest BCUT2D eigenvalue weighted by Gasteiger charge is 1.98. The number of hydrogen-bond acceptors (Lipinski definition) is 2. The molecule has 0 aliphatic heterocycles. The van der Waals surface area contributed by atoms with E-state index in [2.05, 4.69) is 27.8 Å². The van der Waals surface area contributed by atoms with Crippen LogP contribution in [0.4, 0.5) is 0 Å². The van der Waals surface area contributed by atoms with Gasteiger partial charge in [0.1, 0.15) is 6.29 Å². The molecule has 0 aliphatic rings. The fraction of sp³-hybridized carbons (Fsp3) is 0.182. The molecule has 0 bridgehead atoms. The van der Waals surface area contributed by atoms with E-state index < -0.39 is 0 Å². The number of aliphatic hydroxyl groups is 1. The van der Waals surface area contributed by atoms with Gasteiger partial charge in [-0.25, -0.2) is 0 Å². The monoisotopic (exact) mass is 252 g/mol. The Balaban J connectivity index is 2.91. The first-order chi connectivity index (χ1) is 6.77. The Morgan fingerprint density at radius 3 is 2.93 bits per heavy atom. The highest BCUT2D eigenvalue weighted by Crippen LogP contribution is 2.17. The van der Waals surface area contributed by atoms with Crippen molar-refractivity contribution < 1.29 is 9.90 Å². The predicted molar refractivity (Wildman–Crippen MR) is 57.6 cm³/mol. The smallest absolute Gasteiger partial charge is 0.131 e. The molecule has 0 atom stereocenters. The number of hydrogen-bond donors (Lipinski definition) is 1. The van der Waals surface area contributed by atoms with E-state index in [1.165, 1.54) is 0 Å². The molecule has 0 amide bonds. The van der Waals surface area contributed by atoms with E-state index in [1.807, 2.05) is 12.1 Å². The Kier molecular flexibility index (Phi) is 4.37. The molecule has 72 valence electrons. The normalized spacial score (nSPS) is 9.00. The standard InChI is InChI=1S/C11H9BrO2/c12-11-5-4-9(3-1-2-6-13)7-10(11)8-14/h4-7,14H,2,8H2. The number of carbonyl (C=O) groups is 1. The van der Waals surface area contributed by atoms with Crippen LogP contribution in [0.5, 0.6) is 0 Å². The second-order valence-electron chi connectivity index (χ2n) is 2.64. The van der Waals surface area contributed by atoms with Crippen LogP contribution < -0.4 is 0 Å². The highest BCUT2D eigenvalue weighted by molar-refractivity contribution is 9.10. The van der Waals surface area contributed by atoms with E-state index in [0.717, 1.165) is 21.9 Å². The van der Waals surface area contributed by atoms with Crippen molar-refractivity contribution in [2.45, 2.75) is 13.0 Å². The molecular formula is C11H9BrO2. The average molecular weight is 253 g/mol. The van der Waals surface area contributed by atoms with Crippen LogP contribution in [0.2, 0.25) is 0 Å². The molecule has 0 saturated heterocycles. The van der Waals surface area contributed by atoms with Crippen molar-refractivity contribution >= 4 is 22.2 Å². The summed E-state index contributed by atoms with van der Waals surface area (Å²) < 4.78 is 0.862. The summed E-state index contributed by atoms with van der Waals surface area (Å²) in [7, 11) is 0. The van der Waals surface area contributed by atoms with Crippen molar-refractivity contribution in [3.05, 3.63) is 33.8 Å². The first kappa shape index (κ1) is 11.0. The number of aldehydes is 1. The summed E-state index contributed by atoms with van der Waals surface area (Å²) >= 11 is 3.31. The third kappa shape index (κ3) is 2.99. The minimum absolute atomic E-state index is 0.0240. The summed E-state index contributed by atoms with van der Waals surface area (Å²) in [6.07, 6.45) is 1.00. The van der Waals surface area contributed by atoms with Gasteiger partial charge in [0.15, 0.2) is 0 Å². The number of aliphatic hydroxyl groups excluding tert-OH is 1. The van der Waals surface area contributed by atoms with Crippen LogP contribution in [0.25, 0.3) is 0 Å². The lowest BCUT2D eigenvalue weighted by atomic mass is 10.1. The van der Waals surface area contributed by atoms with Gasteiger partial charge in [-0.1, -0.05) is 27.8 Å². The van der Waals surface area contributed by atoms with Gasteiger partial charge < -0.3 is 9.90 Å². The lowest BCUT2D eigenvalue weighted by molar-refractivity contribution is -0.107. The Morgan fingerprint density at radius 2 is 2.29 bits per heavy atom. The van der Waals surface area contributed by atoms with Crippen molar-refractivity contribution in [3.63, 3.8) is 0 Å². The molecule has 0 saturated carbocycles. The molecule has 0 aromatic heterocycles. The summed E-state index contributed by atoms with van der Waals surface area (Å²) in [5.41, 5.74) is 1.60. The van der Waals surface area contributed by atoms with Gasteiger partial charge in [-0.05, 0) is 23.8 Å². The Hall–Kier alpha value is -1.11. The highest BCUT2D eigenvalue weighted by atomic mass is 79.9. The van der Waals surface area contributed by atoms with Gasteiger partial charge in [0, 0.05) is 10.0 Å². The summed E-state index contributed by atoms with van der Waals surface area (Å²) in [5.74, 6) is 5.54. The van der Waals surface area contributed by atoms with Crippen molar-refractivity contribution in [1.29, 1.82) is 0 Å². The van der Waals surface area contributed by atoms with Crippen molar-refractivity contribution in [1.82, 2.24) is 0 Å². The Labute approximate surface area is 91.1 Å². The zero-order valence-electron chi connectivity index (χ0n) is 7.46. The van der Waals surface area contributed by atoms with E-state index in [1.54, 1.807) is 6.07 Å². The van der Waals surface area contributed by atoms with Gasteiger partial charge in [-0.3, -0.25) is 0 Å². The van der Waals surface area contributed by atoms with Gasteiger partial charge in [0.25, 0.3) is 0 Å². The molecule has 1 aromatic carbocycles. The van der Waals surface area contributed by atoms with Crippen LogP contribution in [-0.2, 0) is 11.4 Å². The molecule has 1 N–H and O–H groups in total. The quantitative estimate of drug-likeness (QED) is 0.645. The van der Waals surface area contributed by atoms with E-state index in [-0.39, 0.29) is 13.0 Å². The summed E-state index contributed by atoms with van der Waals surface area (Å²) in [4.78, 5) is 10.0. The van der Waals surface area contributed by atoms with Gasteiger partial charge in [-0.15, -0.1) is 0 Å². The van der Waals surface area contributed by atoms with E-state index in [9.17, 15) is 4.79 Å². The molecule has 0 aliphatic carbocycles. The lowest BCUT2D eigenvalue weighted by Crippen LogP contribution is -1.86. The van der Waals surface area contributed by atoms with Crippen LogP contribution in [0.15, 0.2) is 22.7 Å². The summed E-state index contributed by atoms with van der Waals surface area (Å²) in [5, 5.41) is 8.98. The summed E-state index contributed by atoms with van der Waals surface area (Å²) in [6, 6.07) is 5.46. The maximum Gasteiger partial charge on any atom is 0.131 e. The molecule has 1 rings (SSSR count). The number of halogens is 1. The Morgan fingerprint density at radius 1 is 1.50 bits per heavy atom. The largest absolute Gasteiger partial charge is 0.392 e. The molecule has 14 heavy (non-hydrogen) atoms. The first-order valence-electron chi connectivity index (χ1n) is 4.09. The molecule has 0 unspecified atom stereocenters. The van der Waals surface area contributed by atoms with E-state index in [0.29, 0.717) is 0 Å². The van der Waals surface area contributed by atoms with Crippen LogP contribution in [0.1, 0.15) is 17.5 Å². The Bertz CT molecular complexity index is 388. The topological polar surface area (TPSA) is 37.3 Å². The minimum atomic E-state index is -0.0240. The maximum absolute atomic E-state index is 10.0. The lowest BCUT2D eigenvalue weighted by Gasteiger charge is -2.00. The average Bonchev–Trinajstić information content (AvgIpc) is 2.21. The molecule has 1 aromatic rings. The molecule has 0 fully saturated rings. The zero-order chi connectivity index (χ0) is 10.4. The SMILES string of the molecule is O=CCC#Cc1ccc(Br)c(CO)c1. The molecule has 2 nitrogen and oxygen atoms in total. The fourth-order valence-corrected chi connectivity index (χ4v) is 1.34. The molecular weight excluding hydrogens is 244 g/mol. The van der Waals surface area contributed by atoms with E-state index in [4.69, 9.17) is 5.11 Å². The zero-order valence-corrected chi connectivity index (χ0v) is 9.04. The third-order valence-corrected chi connectivity index (χ3v) is 2.41. The number of benzene rings is 1. The summed E-state index contributed by atoms with van der Waals surface area (Å²) in [6.45, 7) is -0.0240. The van der Waals surface area contributed by atoms with Crippen LogP contribution in [0, 0.1) is 11.8 Å². The third-order valence-electron chi connectivity index (χ3n) is 1.63. The van der Waals surface area contributed by atoms with Crippen molar-refractivity contribution in [2.75, 3.05) is 0 Å². The van der Waals surface area contributed by atoms with Gasteiger partial charge in [0.2, 0.25) is 0 Å². The van der Waals surface area contributed by atoms with Crippen molar-refractivity contribution in [2.24, 2.45) is 0 Å². The minimum Gasteiger partial charge on any atom is -0.392 e. The molecule has 3 heteroatoms. The van der Waals surface area contributed by atoms with Crippen LogP contribution in [-0.4, -0.2) is 11.4 Å². The molecule has 0 spiro atoms. The second-order valence-corrected chi connectivity index (χ2v) is 3.49. The van der Waals surface area contributed by atoms with Gasteiger partial charge in [0.05, 0.1) is 13.0 Å². The molecule has 0 heterocycles. The fourth-order valence-electron chi connectivity index (χ4n) is 0.968. The van der Waals surface area contributed by atoms with Gasteiger partial charge in [-0.2, -0.15) is 0 Å². The van der Waals surface area contributed by atoms with Crippen LogP contribution in [0.3, 0.4) is 0 Å².